The van der Waals surface area contributed by atoms with E-state index >= 15 is 0 Å². The van der Waals surface area contributed by atoms with E-state index in [0.29, 0.717) is 17.1 Å². The summed E-state index contributed by atoms with van der Waals surface area (Å²) < 4.78 is 0. The van der Waals surface area contributed by atoms with Crippen LogP contribution >= 0.6 is 0 Å². The van der Waals surface area contributed by atoms with Gasteiger partial charge in [-0.1, -0.05) is 0 Å². The van der Waals surface area contributed by atoms with Gasteiger partial charge >= 0.3 is 5.97 Å². The molecule has 0 atom stereocenters. The summed E-state index contributed by atoms with van der Waals surface area (Å²) in [6.45, 7) is 7.32. The van der Waals surface area contributed by atoms with E-state index in [2.05, 4.69) is 15.5 Å². The molecule has 1 aromatic rings. The summed E-state index contributed by atoms with van der Waals surface area (Å²) >= 11 is 0. The molecule has 82 valence electrons. The van der Waals surface area contributed by atoms with Crippen molar-refractivity contribution in [2.75, 3.05) is 5.32 Å². The Bertz CT molecular complexity index is 388. The van der Waals surface area contributed by atoms with Gasteiger partial charge in [0.2, 0.25) is 0 Å². The lowest BCUT2D eigenvalue weighted by Crippen LogP contribution is -2.17. The molecule has 0 radical (unpaired) electrons. The van der Waals surface area contributed by atoms with Crippen LogP contribution in [0, 0.1) is 13.8 Å². The number of hydrogen-bond acceptors (Lipinski definition) is 4. The molecular weight excluding hydrogens is 194 g/mol. The highest BCUT2D eigenvalue weighted by Gasteiger charge is 2.17. The highest BCUT2D eigenvalue weighted by atomic mass is 16.4. The van der Waals surface area contributed by atoms with E-state index in [9.17, 15) is 4.79 Å². The second-order valence-corrected chi connectivity index (χ2v) is 3.74. The fourth-order valence-electron chi connectivity index (χ4n) is 1.24. The number of nitrogens with one attached hydrogen (secondary N) is 1. The zero-order valence-corrected chi connectivity index (χ0v) is 9.33. The second kappa shape index (κ2) is 4.25. The minimum Gasteiger partial charge on any atom is -0.478 e. The van der Waals surface area contributed by atoms with Gasteiger partial charge in [-0.05, 0) is 33.3 Å². The molecule has 0 unspecified atom stereocenters. The van der Waals surface area contributed by atoms with E-state index in [1.54, 1.807) is 13.8 Å². The molecule has 0 aromatic carbocycles. The largest absolute Gasteiger partial charge is 0.478 e. The Kier molecular flexibility index (Phi) is 3.24. The Hall–Kier alpha value is -1.65. The first-order valence-electron chi connectivity index (χ1n) is 4.77. The molecule has 5 heteroatoms. The van der Waals surface area contributed by atoms with Crippen molar-refractivity contribution in [1.82, 2.24) is 10.2 Å². The Morgan fingerprint density at radius 2 is 1.93 bits per heavy atom. The number of aryl methyl sites for hydroxylation is 1. The Morgan fingerprint density at radius 3 is 2.40 bits per heavy atom. The third-order valence-corrected chi connectivity index (χ3v) is 2.09. The predicted octanol–water partition coefficient (Wildman–Crippen LogP) is 1.61. The van der Waals surface area contributed by atoms with Crippen LogP contribution in [0.4, 0.5) is 5.82 Å². The van der Waals surface area contributed by atoms with Crippen molar-refractivity contribution in [2.24, 2.45) is 0 Å². The number of aromatic nitrogens is 2. The topological polar surface area (TPSA) is 75.1 Å². The van der Waals surface area contributed by atoms with Crippen molar-refractivity contribution >= 4 is 11.8 Å². The maximum Gasteiger partial charge on any atom is 0.339 e. The van der Waals surface area contributed by atoms with E-state index in [1.807, 2.05) is 13.8 Å². The standard InChI is InChI=1S/C10H15N3O2/c1-5(2)11-9-8(10(14)15)6(3)7(4)12-13-9/h5H,1-4H3,(H,11,13)(H,14,15). The highest BCUT2D eigenvalue weighted by Crippen LogP contribution is 2.18. The van der Waals surface area contributed by atoms with Gasteiger partial charge in [-0.15, -0.1) is 5.10 Å². The van der Waals surface area contributed by atoms with Gasteiger partial charge in [0.05, 0.1) is 5.69 Å². The van der Waals surface area contributed by atoms with Gasteiger partial charge in [-0.25, -0.2) is 4.79 Å². The van der Waals surface area contributed by atoms with Crippen LogP contribution in [0.15, 0.2) is 0 Å². The molecule has 5 nitrogen and oxygen atoms in total. The summed E-state index contributed by atoms with van der Waals surface area (Å²) in [5, 5.41) is 19.8. The molecule has 0 spiro atoms. The minimum atomic E-state index is -0.978. The predicted molar refractivity (Wildman–Crippen MR) is 57.2 cm³/mol. The SMILES string of the molecule is Cc1nnc(NC(C)C)c(C(=O)O)c1C. The Labute approximate surface area is 88.5 Å². The van der Waals surface area contributed by atoms with E-state index < -0.39 is 5.97 Å². The molecule has 0 amide bonds. The van der Waals surface area contributed by atoms with Crippen LogP contribution in [-0.4, -0.2) is 27.3 Å². The first kappa shape index (κ1) is 11.4. The number of carboxylic acids is 1. The first-order valence-corrected chi connectivity index (χ1v) is 4.77. The zero-order chi connectivity index (χ0) is 11.6. The van der Waals surface area contributed by atoms with E-state index in [1.165, 1.54) is 0 Å². The molecule has 0 bridgehead atoms. The fourth-order valence-corrected chi connectivity index (χ4v) is 1.24. The van der Waals surface area contributed by atoms with Gasteiger partial charge in [0.15, 0.2) is 5.82 Å². The van der Waals surface area contributed by atoms with Crippen LogP contribution in [0.3, 0.4) is 0 Å². The lowest BCUT2D eigenvalue weighted by Gasteiger charge is -2.13. The van der Waals surface area contributed by atoms with Crippen LogP contribution in [-0.2, 0) is 0 Å². The lowest BCUT2D eigenvalue weighted by atomic mass is 10.1. The van der Waals surface area contributed by atoms with Crippen LogP contribution in [0.25, 0.3) is 0 Å². The van der Waals surface area contributed by atoms with Crippen LogP contribution in [0.5, 0.6) is 0 Å². The monoisotopic (exact) mass is 209 g/mol. The number of nitrogens with zero attached hydrogens (tertiary/aromatic N) is 2. The van der Waals surface area contributed by atoms with Crippen molar-refractivity contribution in [2.45, 2.75) is 33.7 Å². The van der Waals surface area contributed by atoms with E-state index in [-0.39, 0.29) is 11.6 Å². The van der Waals surface area contributed by atoms with Gasteiger partial charge in [-0.2, -0.15) is 5.10 Å². The third-order valence-electron chi connectivity index (χ3n) is 2.09. The van der Waals surface area contributed by atoms with Crippen molar-refractivity contribution in [1.29, 1.82) is 0 Å². The molecule has 0 saturated carbocycles. The quantitative estimate of drug-likeness (QED) is 0.791. The number of rotatable bonds is 3. The molecule has 1 rings (SSSR count). The summed E-state index contributed by atoms with van der Waals surface area (Å²) in [4.78, 5) is 11.1. The van der Waals surface area contributed by atoms with Gasteiger partial charge < -0.3 is 10.4 Å². The average molecular weight is 209 g/mol. The molecule has 0 aliphatic carbocycles. The minimum absolute atomic E-state index is 0.125. The number of carboxylic acid groups (broad SMARTS) is 1. The highest BCUT2D eigenvalue weighted by molar-refractivity contribution is 5.94. The van der Waals surface area contributed by atoms with Gasteiger partial charge in [-0.3, -0.25) is 0 Å². The maximum atomic E-state index is 11.1. The molecule has 0 aliphatic rings. The normalized spacial score (nSPS) is 10.5. The second-order valence-electron chi connectivity index (χ2n) is 3.74. The van der Waals surface area contributed by atoms with Crippen LogP contribution in [0.1, 0.15) is 35.5 Å². The van der Waals surface area contributed by atoms with Crippen molar-refractivity contribution in [3.05, 3.63) is 16.8 Å². The smallest absolute Gasteiger partial charge is 0.339 e. The average Bonchev–Trinajstić information content (AvgIpc) is 2.10. The van der Waals surface area contributed by atoms with E-state index in [4.69, 9.17) is 5.11 Å². The zero-order valence-electron chi connectivity index (χ0n) is 9.33. The van der Waals surface area contributed by atoms with Gasteiger partial charge in [0.25, 0.3) is 0 Å². The van der Waals surface area contributed by atoms with Crippen LogP contribution in [0.2, 0.25) is 0 Å². The van der Waals surface area contributed by atoms with Crippen molar-refractivity contribution in [3.8, 4) is 0 Å². The molecule has 0 fully saturated rings. The van der Waals surface area contributed by atoms with E-state index in [0.717, 1.165) is 0 Å². The number of anilines is 1. The Balaban J connectivity index is 3.27. The van der Waals surface area contributed by atoms with Crippen molar-refractivity contribution in [3.63, 3.8) is 0 Å². The first-order chi connectivity index (χ1) is 6.93. The van der Waals surface area contributed by atoms with Crippen LogP contribution < -0.4 is 5.32 Å². The number of aromatic carboxylic acids is 1. The van der Waals surface area contributed by atoms with Crippen molar-refractivity contribution < 1.29 is 9.90 Å². The maximum absolute atomic E-state index is 11.1. The van der Waals surface area contributed by atoms with Gasteiger partial charge in [0.1, 0.15) is 5.56 Å². The molecule has 15 heavy (non-hydrogen) atoms. The molecule has 1 heterocycles. The summed E-state index contributed by atoms with van der Waals surface area (Å²) in [5.74, 6) is -0.644. The number of hydrogen-bond donors (Lipinski definition) is 2. The molecule has 0 saturated heterocycles. The van der Waals surface area contributed by atoms with Gasteiger partial charge in [0, 0.05) is 6.04 Å². The molecule has 0 aliphatic heterocycles. The fraction of sp³-hybridized carbons (Fsp3) is 0.500. The molecular formula is C10H15N3O2. The summed E-state index contributed by atoms with van der Waals surface area (Å²) in [6.07, 6.45) is 0. The molecule has 1 aromatic heterocycles. The summed E-state index contributed by atoms with van der Waals surface area (Å²) in [6, 6.07) is 0.125. The number of carbonyl (C=O) groups is 1. The summed E-state index contributed by atoms with van der Waals surface area (Å²) in [5.41, 5.74) is 1.50. The molecule has 2 N–H and O–H groups in total. The lowest BCUT2D eigenvalue weighted by molar-refractivity contribution is 0.0696. The third kappa shape index (κ3) is 2.43. The Morgan fingerprint density at radius 1 is 1.33 bits per heavy atom. The summed E-state index contributed by atoms with van der Waals surface area (Å²) in [7, 11) is 0.